The van der Waals surface area contributed by atoms with Gasteiger partial charge in [-0.25, -0.2) is 0 Å². The summed E-state index contributed by atoms with van der Waals surface area (Å²) in [6.07, 6.45) is 3.55. The van der Waals surface area contributed by atoms with E-state index in [9.17, 15) is 0 Å². The highest BCUT2D eigenvalue weighted by Gasteiger charge is 2.25. The second kappa shape index (κ2) is 8.72. The molecule has 0 unspecified atom stereocenters. The monoisotopic (exact) mass is 433 g/mol. The first-order chi connectivity index (χ1) is 15.6. The highest BCUT2D eigenvalue weighted by atomic mass is 16.5. The highest BCUT2D eigenvalue weighted by molar-refractivity contribution is 5.78. The Morgan fingerprint density at radius 3 is 2.88 bits per heavy atom. The Morgan fingerprint density at radius 2 is 2.00 bits per heavy atom. The van der Waals surface area contributed by atoms with Crippen LogP contribution in [0.2, 0.25) is 0 Å². The summed E-state index contributed by atoms with van der Waals surface area (Å²) >= 11 is 0. The van der Waals surface area contributed by atoms with Crippen molar-refractivity contribution in [3.05, 3.63) is 48.2 Å². The molecule has 32 heavy (non-hydrogen) atoms. The predicted octanol–water partition coefficient (Wildman–Crippen LogP) is 3.05. The number of aromatic nitrogens is 3. The molecule has 2 N–H and O–H groups in total. The van der Waals surface area contributed by atoms with E-state index in [1.165, 1.54) is 0 Å². The van der Waals surface area contributed by atoms with Crippen molar-refractivity contribution in [1.82, 2.24) is 15.2 Å². The molecule has 4 heterocycles. The second-order valence-corrected chi connectivity index (χ2v) is 8.29. The third kappa shape index (κ3) is 3.99. The van der Waals surface area contributed by atoms with Gasteiger partial charge in [0.05, 0.1) is 19.9 Å². The molecule has 3 aromatic rings. The standard InChI is InChI=1S/C24H27N5O3/c1-29(19-7-8-31-14-18(25)11-19)22-6-5-21-20-4-3-15(9-17(20)13-32-24(21)27-22)16-10-23(30-2)28-26-12-16/h3-6,9-10,12,18-19H,7-8,11,13-14,25H2,1-2H3/t18-,19+/m0/s1. The molecule has 2 aromatic heterocycles. The maximum atomic E-state index is 6.16. The van der Waals surface area contributed by atoms with Crippen LogP contribution < -0.4 is 20.1 Å². The fourth-order valence-corrected chi connectivity index (χ4v) is 4.38. The first-order valence-electron chi connectivity index (χ1n) is 10.8. The number of hydrogen-bond donors (Lipinski definition) is 1. The lowest BCUT2D eigenvalue weighted by Gasteiger charge is -2.30. The number of nitrogens with zero attached hydrogens (tertiary/aromatic N) is 4. The van der Waals surface area contributed by atoms with Crippen molar-refractivity contribution >= 4 is 5.82 Å². The van der Waals surface area contributed by atoms with Crippen molar-refractivity contribution in [2.24, 2.45) is 5.73 Å². The van der Waals surface area contributed by atoms with Gasteiger partial charge in [0.1, 0.15) is 12.4 Å². The minimum absolute atomic E-state index is 0.0514. The van der Waals surface area contributed by atoms with Crippen LogP contribution in [0.1, 0.15) is 18.4 Å². The summed E-state index contributed by atoms with van der Waals surface area (Å²) in [6.45, 7) is 1.80. The largest absolute Gasteiger partial charge is 0.480 e. The molecule has 1 saturated heterocycles. The Morgan fingerprint density at radius 1 is 1.12 bits per heavy atom. The normalized spacial score (nSPS) is 19.8. The van der Waals surface area contributed by atoms with Gasteiger partial charge in [0.15, 0.2) is 0 Å². The van der Waals surface area contributed by atoms with Crippen LogP contribution in [0.25, 0.3) is 22.3 Å². The van der Waals surface area contributed by atoms with Crippen molar-refractivity contribution in [1.29, 1.82) is 0 Å². The van der Waals surface area contributed by atoms with Crippen LogP contribution in [0.3, 0.4) is 0 Å². The zero-order valence-electron chi connectivity index (χ0n) is 18.3. The molecule has 0 saturated carbocycles. The molecule has 5 rings (SSSR count). The summed E-state index contributed by atoms with van der Waals surface area (Å²) in [5.74, 6) is 2.04. The Bertz CT molecular complexity index is 1120. The molecule has 2 aliphatic rings. The van der Waals surface area contributed by atoms with Crippen molar-refractivity contribution in [2.45, 2.75) is 31.5 Å². The molecule has 0 aliphatic carbocycles. The van der Waals surface area contributed by atoms with Gasteiger partial charge in [0, 0.05) is 42.9 Å². The predicted molar refractivity (Wildman–Crippen MR) is 122 cm³/mol. The molecule has 2 aliphatic heterocycles. The number of fused-ring (bicyclic) bond motifs is 3. The fraction of sp³-hybridized carbons (Fsp3) is 0.375. The van der Waals surface area contributed by atoms with Crippen LogP contribution in [0, 0.1) is 0 Å². The van der Waals surface area contributed by atoms with E-state index in [4.69, 9.17) is 24.9 Å². The number of nitrogens with two attached hydrogens (primary N) is 1. The van der Waals surface area contributed by atoms with E-state index in [2.05, 4.69) is 52.5 Å². The van der Waals surface area contributed by atoms with E-state index in [1.807, 2.05) is 6.07 Å². The Kier molecular flexibility index (Phi) is 5.63. The first-order valence-corrected chi connectivity index (χ1v) is 10.8. The van der Waals surface area contributed by atoms with E-state index >= 15 is 0 Å². The molecule has 0 spiro atoms. The third-order valence-corrected chi connectivity index (χ3v) is 6.19. The SMILES string of the molecule is COc1cc(-c2ccc3c(c2)COc2nc(N(C)[C@@H]4CCOC[C@@H](N)C4)ccc2-3)cnn1. The lowest BCUT2D eigenvalue weighted by atomic mass is 9.95. The van der Waals surface area contributed by atoms with Crippen molar-refractivity contribution in [3.8, 4) is 34.0 Å². The average molecular weight is 434 g/mol. The van der Waals surface area contributed by atoms with Crippen LogP contribution in [0.15, 0.2) is 42.6 Å². The minimum Gasteiger partial charge on any atom is -0.480 e. The molecule has 2 atom stereocenters. The van der Waals surface area contributed by atoms with Gasteiger partial charge in [-0.3, -0.25) is 0 Å². The third-order valence-electron chi connectivity index (χ3n) is 6.19. The van der Waals surface area contributed by atoms with Crippen molar-refractivity contribution in [2.75, 3.05) is 32.3 Å². The molecule has 0 bridgehead atoms. The number of rotatable bonds is 4. The van der Waals surface area contributed by atoms with Gasteiger partial charge >= 0.3 is 0 Å². The first kappa shape index (κ1) is 20.7. The van der Waals surface area contributed by atoms with Gasteiger partial charge in [-0.05, 0) is 47.7 Å². The van der Waals surface area contributed by atoms with Crippen LogP contribution >= 0.6 is 0 Å². The number of hydrogen-bond acceptors (Lipinski definition) is 8. The van der Waals surface area contributed by atoms with E-state index in [1.54, 1.807) is 13.3 Å². The number of anilines is 1. The Balaban J connectivity index is 1.42. The van der Waals surface area contributed by atoms with Crippen LogP contribution in [-0.2, 0) is 11.3 Å². The minimum atomic E-state index is 0.0514. The summed E-state index contributed by atoms with van der Waals surface area (Å²) in [5, 5.41) is 7.96. The molecule has 8 heteroatoms. The van der Waals surface area contributed by atoms with E-state index in [0.717, 1.165) is 53.1 Å². The van der Waals surface area contributed by atoms with Crippen LogP contribution in [-0.4, -0.2) is 54.6 Å². The molecule has 0 amide bonds. The second-order valence-electron chi connectivity index (χ2n) is 8.29. The van der Waals surface area contributed by atoms with E-state index < -0.39 is 0 Å². The number of methoxy groups -OCH3 is 1. The van der Waals surface area contributed by atoms with Crippen LogP contribution in [0.4, 0.5) is 5.82 Å². The maximum Gasteiger partial charge on any atom is 0.233 e. The van der Waals surface area contributed by atoms with Gasteiger partial charge < -0.3 is 24.8 Å². The van der Waals surface area contributed by atoms with Gasteiger partial charge in [0.25, 0.3) is 0 Å². The van der Waals surface area contributed by atoms with E-state index in [-0.39, 0.29) is 6.04 Å². The fourth-order valence-electron chi connectivity index (χ4n) is 4.38. The topological polar surface area (TPSA) is 95.6 Å². The average Bonchev–Trinajstić information content (AvgIpc) is 3.07. The molecule has 1 aromatic carbocycles. The summed E-state index contributed by atoms with van der Waals surface area (Å²) in [7, 11) is 3.65. The Labute approximate surface area is 187 Å². The lowest BCUT2D eigenvalue weighted by Crippen LogP contribution is -2.37. The number of benzene rings is 1. The maximum absolute atomic E-state index is 6.16. The van der Waals surface area contributed by atoms with Gasteiger partial charge in [-0.1, -0.05) is 12.1 Å². The zero-order chi connectivity index (χ0) is 22.1. The van der Waals surface area contributed by atoms with Crippen molar-refractivity contribution < 1.29 is 14.2 Å². The summed E-state index contributed by atoms with van der Waals surface area (Å²) in [4.78, 5) is 7.03. The van der Waals surface area contributed by atoms with Gasteiger partial charge in [-0.15, -0.1) is 5.10 Å². The lowest BCUT2D eigenvalue weighted by molar-refractivity contribution is 0.134. The van der Waals surface area contributed by atoms with Crippen molar-refractivity contribution in [3.63, 3.8) is 0 Å². The number of pyridine rings is 1. The summed E-state index contributed by atoms with van der Waals surface area (Å²) in [5.41, 5.74) is 11.4. The quantitative estimate of drug-likeness (QED) is 0.671. The molecule has 1 fully saturated rings. The molecule has 166 valence electrons. The van der Waals surface area contributed by atoms with Crippen LogP contribution in [0.5, 0.6) is 11.8 Å². The molecular weight excluding hydrogens is 406 g/mol. The number of ether oxygens (including phenoxy) is 3. The summed E-state index contributed by atoms with van der Waals surface area (Å²) in [6, 6.07) is 12.7. The smallest absolute Gasteiger partial charge is 0.233 e. The zero-order valence-corrected chi connectivity index (χ0v) is 18.3. The molecular formula is C24H27N5O3. The summed E-state index contributed by atoms with van der Waals surface area (Å²) < 4.78 is 16.9. The van der Waals surface area contributed by atoms with E-state index in [0.29, 0.717) is 31.0 Å². The van der Waals surface area contributed by atoms with Gasteiger partial charge in [0.2, 0.25) is 11.8 Å². The highest BCUT2D eigenvalue weighted by Crippen LogP contribution is 2.39. The Hall–Kier alpha value is -3.23. The molecule has 0 radical (unpaired) electrons. The van der Waals surface area contributed by atoms with Gasteiger partial charge in [-0.2, -0.15) is 10.1 Å². The molecule has 8 nitrogen and oxygen atoms in total.